The summed E-state index contributed by atoms with van der Waals surface area (Å²) in [4.78, 5) is 11.2. The van der Waals surface area contributed by atoms with Gasteiger partial charge in [-0.3, -0.25) is 0 Å². The van der Waals surface area contributed by atoms with Crippen LogP contribution in [0.25, 0.3) is 0 Å². The third-order valence-electron chi connectivity index (χ3n) is 2.76. The lowest BCUT2D eigenvalue weighted by Crippen LogP contribution is -2.33. The minimum atomic E-state index is -0.241. The number of carbonyl (C=O) groups excluding carboxylic acids is 1. The van der Waals surface area contributed by atoms with Gasteiger partial charge in [-0.25, -0.2) is 4.79 Å². The SMILES string of the molecule is CC(C)CC[C@@H]1OC(=O)N[C@H]1CC(C)C. The number of carbonyl (C=O) groups is 1. The van der Waals surface area contributed by atoms with Gasteiger partial charge in [-0.1, -0.05) is 27.7 Å². The predicted molar refractivity (Wildman–Crippen MR) is 60.7 cm³/mol. The average Bonchev–Trinajstić information content (AvgIpc) is 2.41. The normalized spacial score (nSPS) is 25.9. The second-order valence-corrected chi connectivity index (χ2v) is 5.30. The number of hydrogen-bond donors (Lipinski definition) is 1. The van der Waals surface area contributed by atoms with Crippen LogP contribution < -0.4 is 5.32 Å². The lowest BCUT2D eigenvalue weighted by atomic mass is 9.95. The summed E-state index contributed by atoms with van der Waals surface area (Å²) in [6, 6.07) is 0.219. The summed E-state index contributed by atoms with van der Waals surface area (Å²) in [5, 5.41) is 2.90. The quantitative estimate of drug-likeness (QED) is 0.762. The van der Waals surface area contributed by atoms with Crippen molar-refractivity contribution < 1.29 is 9.53 Å². The molecule has 1 aliphatic rings. The molecule has 3 heteroatoms. The van der Waals surface area contributed by atoms with E-state index in [4.69, 9.17) is 4.74 Å². The number of rotatable bonds is 5. The fraction of sp³-hybridized carbons (Fsp3) is 0.917. The van der Waals surface area contributed by atoms with E-state index in [2.05, 4.69) is 33.0 Å². The highest BCUT2D eigenvalue weighted by atomic mass is 16.6. The Balaban J connectivity index is 2.42. The summed E-state index contributed by atoms with van der Waals surface area (Å²) in [6.45, 7) is 8.73. The number of cyclic esters (lactones) is 1. The molecule has 1 amide bonds. The van der Waals surface area contributed by atoms with Gasteiger partial charge >= 0.3 is 6.09 Å². The molecule has 3 nitrogen and oxygen atoms in total. The van der Waals surface area contributed by atoms with E-state index in [1.807, 2.05) is 0 Å². The molecule has 0 saturated carbocycles. The number of hydrogen-bond acceptors (Lipinski definition) is 2. The van der Waals surface area contributed by atoms with Gasteiger partial charge in [0.15, 0.2) is 0 Å². The monoisotopic (exact) mass is 213 g/mol. The van der Waals surface area contributed by atoms with Gasteiger partial charge in [0.2, 0.25) is 0 Å². The summed E-state index contributed by atoms with van der Waals surface area (Å²) < 4.78 is 5.28. The van der Waals surface area contributed by atoms with Crippen molar-refractivity contribution >= 4 is 6.09 Å². The number of amides is 1. The van der Waals surface area contributed by atoms with Crippen LogP contribution in [-0.4, -0.2) is 18.2 Å². The molecular weight excluding hydrogens is 190 g/mol. The molecule has 1 N–H and O–H groups in total. The summed E-state index contributed by atoms with van der Waals surface area (Å²) >= 11 is 0. The highest BCUT2D eigenvalue weighted by Gasteiger charge is 2.33. The van der Waals surface area contributed by atoms with Crippen molar-refractivity contribution in [1.82, 2.24) is 5.32 Å². The highest BCUT2D eigenvalue weighted by Crippen LogP contribution is 2.21. The topological polar surface area (TPSA) is 38.3 Å². The lowest BCUT2D eigenvalue weighted by Gasteiger charge is -2.19. The lowest BCUT2D eigenvalue weighted by molar-refractivity contribution is 0.119. The minimum Gasteiger partial charge on any atom is -0.444 e. The van der Waals surface area contributed by atoms with E-state index in [9.17, 15) is 4.79 Å². The molecule has 0 aromatic carbocycles. The molecule has 0 unspecified atom stereocenters. The van der Waals surface area contributed by atoms with Crippen molar-refractivity contribution in [3.8, 4) is 0 Å². The molecule has 1 saturated heterocycles. The van der Waals surface area contributed by atoms with Crippen molar-refractivity contribution in [2.45, 2.75) is 59.1 Å². The molecule has 1 heterocycles. The van der Waals surface area contributed by atoms with E-state index >= 15 is 0 Å². The third kappa shape index (κ3) is 4.10. The number of ether oxygens (including phenoxy) is 1. The largest absolute Gasteiger partial charge is 0.444 e. The van der Waals surface area contributed by atoms with Crippen LogP contribution in [-0.2, 0) is 4.74 Å². The number of nitrogens with one attached hydrogen (secondary N) is 1. The molecule has 88 valence electrons. The Labute approximate surface area is 92.6 Å². The van der Waals surface area contributed by atoms with E-state index < -0.39 is 0 Å². The van der Waals surface area contributed by atoms with Crippen molar-refractivity contribution in [1.29, 1.82) is 0 Å². The minimum absolute atomic E-state index is 0.0855. The van der Waals surface area contributed by atoms with E-state index in [0.29, 0.717) is 11.8 Å². The first-order valence-electron chi connectivity index (χ1n) is 5.96. The van der Waals surface area contributed by atoms with Crippen LogP contribution in [0, 0.1) is 11.8 Å². The maximum absolute atomic E-state index is 11.2. The molecule has 0 aromatic rings. The molecular formula is C12H23NO2. The van der Waals surface area contributed by atoms with Crippen molar-refractivity contribution in [3.63, 3.8) is 0 Å². The second-order valence-electron chi connectivity index (χ2n) is 5.30. The van der Waals surface area contributed by atoms with E-state index in [-0.39, 0.29) is 18.2 Å². The van der Waals surface area contributed by atoms with Crippen LogP contribution >= 0.6 is 0 Å². The molecule has 0 spiro atoms. The van der Waals surface area contributed by atoms with Crippen LogP contribution in [0.4, 0.5) is 4.79 Å². The maximum Gasteiger partial charge on any atom is 0.407 e. The van der Waals surface area contributed by atoms with Gasteiger partial charge in [0.05, 0.1) is 6.04 Å². The molecule has 2 atom stereocenters. The van der Waals surface area contributed by atoms with Crippen LogP contribution in [0.1, 0.15) is 47.0 Å². The third-order valence-corrected chi connectivity index (χ3v) is 2.76. The van der Waals surface area contributed by atoms with E-state index in [0.717, 1.165) is 19.3 Å². The van der Waals surface area contributed by atoms with Crippen molar-refractivity contribution in [2.24, 2.45) is 11.8 Å². The zero-order chi connectivity index (χ0) is 11.4. The first-order valence-corrected chi connectivity index (χ1v) is 5.96. The predicted octanol–water partition coefficient (Wildman–Crippen LogP) is 2.95. The smallest absolute Gasteiger partial charge is 0.407 e. The Hall–Kier alpha value is -0.730. The Bertz CT molecular complexity index is 214. The van der Waals surface area contributed by atoms with Crippen molar-refractivity contribution in [2.75, 3.05) is 0 Å². The number of alkyl carbamates (subject to hydrolysis) is 1. The molecule has 1 aliphatic heterocycles. The van der Waals surface area contributed by atoms with Gasteiger partial charge in [-0.05, 0) is 31.1 Å². The Kier molecular flexibility index (Phi) is 4.43. The summed E-state index contributed by atoms with van der Waals surface area (Å²) in [6.07, 6.45) is 2.95. The van der Waals surface area contributed by atoms with Gasteiger partial charge in [0.1, 0.15) is 6.10 Å². The fourth-order valence-corrected chi connectivity index (χ4v) is 1.97. The molecule has 0 aromatic heterocycles. The standard InChI is InChI=1S/C12H23NO2/c1-8(2)5-6-11-10(7-9(3)4)13-12(14)15-11/h8-11H,5-7H2,1-4H3,(H,13,14)/t10-,11-/m0/s1. The van der Waals surface area contributed by atoms with Gasteiger partial charge < -0.3 is 10.1 Å². The molecule has 0 aliphatic carbocycles. The van der Waals surface area contributed by atoms with E-state index in [1.54, 1.807) is 0 Å². The highest BCUT2D eigenvalue weighted by molar-refractivity contribution is 5.70. The zero-order valence-corrected chi connectivity index (χ0v) is 10.2. The first-order chi connectivity index (χ1) is 6.99. The summed E-state index contributed by atoms with van der Waals surface area (Å²) in [7, 11) is 0. The van der Waals surface area contributed by atoms with Crippen LogP contribution in [0.5, 0.6) is 0 Å². The fourth-order valence-electron chi connectivity index (χ4n) is 1.97. The molecule has 1 fully saturated rings. The molecule has 15 heavy (non-hydrogen) atoms. The summed E-state index contributed by atoms with van der Waals surface area (Å²) in [5.41, 5.74) is 0. The van der Waals surface area contributed by atoms with Crippen molar-refractivity contribution in [3.05, 3.63) is 0 Å². The van der Waals surface area contributed by atoms with E-state index in [1.165, 1.54) is 0 Å². The Morgan fingerprint density at radius 2 is 1.93 bits per heavy atom. The van der Waals surface area contributed by atoms with Gasteiger partial charge in [0.25, 0.3) is 0 Å². The molecule has 1 rings (SSSR count). The Morgan fingerprint density at radius 1 is 1.27 bits per heavy atom. The second kappa shape index (κ2) is 5.38. The summed E-state index contributed by atoms with van der Waals surface area (Å²) in [5.74, 6) is 1.27. The van der Waals surface area contributed by atoms with Crippen LogP contribution in [0.2, 0.25) is 0 Å². The van der Waals surface area contributed by atoms with Gasteiger partial charge in [-0.2, -0.15) is 0 Å². The Morgan fingerprint density at radius 3 is 2.47 bits per heavy atom. The first kappa shape index (κ1) is 12.3. The zero-order valence-electron chi connectivity index (χ0n) is 10.2. The van der Waals surface area contributed by atoms with Crippen LogP contribution in [0.15, 0.2) is 0 Å². The van der Waals surface area contributed by atoms with Gasteiger partial charge in [0, 0.05) is 0 Å². The molecule has 0 radical (unpaired) electrons. The van der Waals surface area contributed by atoms with Crippen LogP contribution in [0.3, 0.4) is 0 Å². The average molecular weight is 213 g/mol. The molecule has 0 bridgehead atoms. The maximum atomic E-state index is 11.2. The van der Waals surface area contributed by atoms with Gasteiger partial charge in [-0.15, -0.1) is 0 Å².